The minimum absolute atomic E-state index is 0. The number of hydrogen-bond donors (Lipinski definition) is 1. The summed E-state index contributed by atoms with van der Waals surface area (Å²) < 4.78 is 0. The minimum atomic E-state index is -0.518. The standard InChI is InChI=1S/C7H7NO3.Ti/c1-3(9)5-6(4(2)10)8-7(5)11;/h9H,1-2H3;. The molecule has 0 unspecified atom stereocenters. The zero-order chi connectivity index (χ0) is 8.59. The van der Waals surface area contributed by atoms with Crippen LogP contribution in [0.4, 0.5) is 0 Å². The number of aliphatic hydroxyl groups excluding tert-OH is 1. The van der Waals surface area contributed by atoms with E-state index >= 15 is 0 Å². The number of allylic oxidation sites excluding steroid dienone is 1. The van der Waals surface area contributed by atoms with Gasteiger partial charge in [-0.1, -0.05) is 0 Å². The summed E-state index contributed by atoms with van der Waals surface area (Å²) in [5, 5.41) is 8.89. The van der Waals surface area contributed by atoms with E-state index in [0.29, 0.717) is 0 Å². The Morgan fingerprint density at radius 3 is 2.08 bits per heavy atom. The average molecular weight is 201 g/mol. The molecule has 0 radical (unpaired) electrons. The van der Waals surface area contributed by atoms with Crippen LogP contribution in [0.25, 0.3) is 0 Å². The van der Waals surface area contributed by atoms with Gasteiger partial charge >= 0.3 is 0 Å². The quantitative estimate of drug-likeness (QED) is 0.379. The van der Waals surface area contributed by atoms with Crippen molar-refractivity contribution in [3.63, 3.8) is 0 Å². The third kappa shape index (κ3) is 1.70. The molecule has 0 aliphatic carbocycles. The number of amides is 1. The smallest absolute Gasteiger partial charge is 0.283 e. The molecule has 1 aliphatic rings. The van der Waals surface area contributed by atoms with Gasteiger partial charge in [-0.2, -0.15) is 0 Å². The molecule has 5 heteroatoms. The molecular weight excluding hydrogens is 194 g/mol. The van der Waals surface area contributed by atoms with Crippen molar-refractivity contribution in [1.82, 2.24) is 0 Å². The number of rotatable bonds is 1. The summed E-state index contributed by atoms with van der Waals surface area (Å²) in [6.07, 6.45) is 0. The van der Waals surface area contributed by atoms with E-state index in [1.807, 2.05) is 0 Å². The maximum atomic E-state index is 10.7. The van der Waals surface area contributed by atoms with Crippen molar-refractivity contribution < 1.29 is 36.4 Å². The average Bonchev–Trinajstić information content (AvgIpc) is 1.80. The number of carbonyl (C=O) groups is 2. The van der Waals surface area contributed by atoms with Gasteiger partial charge in [-0.25, -0.2) is 4.99 Å². The first kappa shape index (κ1) is 11.3. The van der Waals surface area contributed by atoms with E-state index in [0.717, 1.165) is 0 Å². The molecule has 0 fully saturated rings. The van der Waals surface area contributed by atoms with Crippen molar-refractivity contribution in [1.29, 1.82) is 0 Å². The van der Waals surface area contributed by atoms with Gasteiger partial charge < -0.3 is 5.11 Å². The Balaban J connectivity index is 0.00000121. The summed E-state index contributed by atoms with van der Waals surface area (Å²) in [7, 11) is 0. The van der Waals surface area contributed by atoms with Gasteiger partial charge in [0.15, 0.2) is 5.78 Å². The van der Waals surface area contributed by atoms with Crippen LogP contribution in [0.3, 0.4) is 0 Å². The molecule has 1 N–H and O–H groups in total. The first-order valence-electron chi connectivity index (χ1n) is 3.08. The van der Waals surface area contributed by atoms with Gasteiger partial charge in [0.1, 0.15) is 17.0 Å². The first-order valence-corrected chi connectivity index (χ1v) is 3.08. The van der Waals surface area contributed by atoms with Crippen molar-refractivity contribution in [3.8, 4) is 0 Å². The van der Waals surface area contributed by atoms with Gasteiger partial charge in [0.05, 0.1) is 0 Å². The molecule has 1 rings (SSSR count). The van der Waals surface area contributed by atoms with Crippen LogP contribution in [0.15, 0.2) is 16.3 Å². The molecule has 1 heterocycles. The molecular formula is C7H7NO3Ti. The normalized spacial score (nSPS) is 18.8. The minimum Gasteiger partial charge on any atom is -0.512 e. The van der Waals surface area contributed by atoms with Gasteiger partial charge in [-0.3, -0.25) is 9.59 Å². The number of ketones is 1. The van der Waals surface area contributed by atoms with Crippen LogP contribution < -0.4 is 0 Å². The Hall–Kier alpha value is -0.736. The van der Waals surface area contributed by atoms with Crippen LogP contribution in [0.2, 0.25) is 0 Å². The van der Waals surface area contributed by atoms with Crippen molar-refractivity contribution in [2.45, 2.75) is 13.8 Å². The van der Waals surface area contributed by atoms with Gasteiger partial charge in [0, 0.05) is 28.6 Å². The van der Waals surface area contributed by atoms with Gasteiger partial charge in [-0.15, -0.1) is 0 Å². The van der Waals surface area contributed by atoms with E-state index in [1.165, 1.54) is 13.8 Å². The summed E-state index contributed by atoms with van der Waals surface area (Å²) in [6, 6.07) is 0. The number of hydrogen-bond acceptors (Lipinski definition) is 3. The molecule has 0 bridgehead atoms. The van der Waals surface area contributed by atoms with Gasteiger partial charge in [0.25, 0.3) is 5.91 Å². The molecule has 0 spiro atoms. The van der Waals surface area contributed by atoms with Crippen molar-refractivity contribution in [3.05, 3.63) is 11.3 Å². The fraction of sp³-hybridized carbons (Fsp3) is 0.286. The van der Waals surface area contributed by atoms with Crippen LogP contribution in [-0.2, 0) is 31.3 Å². The fourth-order valence-corrected chi connectivity index (χ4v) is 0.843. The molecule has 0 saturated heterocycles. The van der Waals surface area contributed by atoms with Gasteiger partial charge in [0.2, 0.25) is 0 Å². The fourth-order valence-electron chi connectivity index (χ4n) is 0.843. The van der Waals surface area contributed by atoms with E-state index in [4.69, 9.17) is 5.11 Å². The monoisotopic (exact) mass is 201 g/mol. The number of Topliss-reactive ketones (excluding diaryl/α,β-unsaturated/α-hetero) is 1. The predicted molar refractivity (Wildman–Crippen MR) is 38.5 cm³/mol. The predicted octanol–water partition coefficient (Wildman–Crippen LogP) is 0.386. The summed E-state index contributed by atoms with van der Waals surface area (Å²) in [5.41, 5.74) is 0.132. The molecule has 4 nitrogen and oxygen atoms in total. The topological polar surface area (TPSA) is 66.7 Å². The summed E-state index contributed by atoms with van der Waals surface area (Å²) >= 11 is 0. The zero-order valence-corrected chi connectivity index (χ0v) is 8.27. The molecule has 62 valence electrons. The molecule has 0 atom stereocenters. The third-order valence-corrected chi connectivity index (χ3v) is 1.36. The van der Waals surface area contributed by atoms with Crippen molar-refractivity contribution >= 4 is 17.4 Å². The molecule has 1 amide bonds. The summed E-state index contributed by atoms with van der Waals surface area (Å²) in [6.45, 7) is 2.65. The number of nitrogens with zero attached hydrogens (tertiary/aromatic N) is 1. The summed E-state index contributed by atoms with van der Waals surface area (Å²) in [5.74, 6) is -0.960. The van der Waals surface area contributed by atoms with Crippen LogP contribution in [-0.4, -0.2) is 22.5 Å². The Morgan fingerprint density at radius 2 is 1.92 bits per heavy atom. The van der Waals surface area contributed by atoms with E-state index in [9.17, 15) is 9.59 Å². The van der Waals surface area contributed by atoms with Crippen LogP contribution in [0.1, 0.15) is 13.8 Å². The van der Waals surface area contributed by atoms with E-state index in [-0.39, 0.29) is 44.5 Å². The number of aliphatic imine (C=N–C) groups is 1. The first-order chi connectivity index (χ1) is 5.04. The Bertz CT molecular complexity index is 300. The summed E-state index contributed by atoms with van der Waals surface area (Å²) in [4.78, 5) is 24.6. The molecule has 1 aliphatic heterocycles. The van der Waals surface area contributed by atoms with Crippen LogP contribution >= 0.6 is 0 Å². The number of aliphatic hydroxyl groups is 1. The van der Waals surface area contributed by atoms with E-state index < -0.39 is 5.91 Å². The maximum Gasteiger partial charge on any atom is 0.283 e. The third-order valence-electron chi connectivity index (χ3n) is 1.36. The largest absolute Gasteiger partial charge is 0.512 e. The molecule has 12 heavy (non-hydrogen) atoms. The van der Waals surface area contributed by atoms with E-state index in [2.05, 4.69) is 4.99 Å². The van der Waals surface area contributed by atoms with Crippen molar-refractivity contribution in [2.24, 2.45) is 4.99 Å². The molecule has 0 saturated carbocycles. The van der Waals surface area contributed by atoms with E-state index in [1.54, 1.807) is 0 Å². The Labute approximate surface area is 84.3 Å². The van der Waals surface area contributed by atoms with Gasteiger partial charge in [-0.05, 0) is 6.92 Å². The maximum absolute atomic E-state index is 10.7. The second-order valence-corrected chi connectivity index (χ2v) is 2.28. The Kier molecular flexibility index (Phi) is 3.55. The molecule has 0 aromatic rings. The second kappa shape index (κ2) is 3.78. The van der Waals surface area contributed by atoms with Crippen LogP contribution in [0.5, 0.6) is 0 Å². The van der Waals surface area contributed by atoms with Crippen LogP contribution in [0, 0.1) is 0 Å². The molecule has 0 aromatic heterocycles. The number of carbonyl (C=O) groups excluding carboxylic acids is 2. The Morgan fingerprint density at radius 1 is 1.42 bits per heavy atom. The second-order valence-electron chi connectivity index (χ2n) is 2.28. The SMILES string of the molecule is CC(=O)C1=NC(=O)C1=C(C)O.[Ti]. The zero-order valence-electron chi connectivity index (χ0n) is 6.71. The molecule has 0 aromatic carbocycles. The van der Waals surface area contributed by atoms with Crippen molar-refractivity contribution in [2.75, 3.05) is 0 Å².